The first-order valence-electron chi connectivity index (χ1n) is 8.83. The zero-order chi connectivity index (χ0) is 20.3. The van der Waals surface area contributed by atoms with Crippen LogP contribution in [0.25, 0.3) is 0 Å². The molecule has 0 radical (unpaired) electrons. The molecule has 0 aliphatic heterocycles. The van der Waals surface area contributed by atoms with Gasteiger partial charge in [0.1, 0.15) is 17.3 Å². The standard InChI is InChI=1S/C21H18F4O3/c1-2-3-13-4-10-17-14(12-13)5-11-18(19(17)22)20(26)27-15-6-8-16(9-7-15)28-21(23,24)25/h4-9,11H,2-3,10,12H2,1H3. The van der Waals surface area contributed by atoms with E-state index in [0.29, 0.717) is 18.4 Å². The van der Waals surface area contributed by atoms with Crippen molar-refractivity contribution in [3.8, 4) is 11.5 Å². The van der Waals surface area contributed by atoms with Gasteiger partial charge in [-0.3, -0.25) is 0 Å². The van der Waals surface area contributed by atoms with Gasteiger partial charge < -0.3 is 9.47 Å². The van der Waals surface area contributed by atoms with Crippen molar-refractivity contribution in [2.75, 3.05) is 0 Å². The lowest BCUT2D eigenvalue weighted by molar-refractivity contribution is -0.274. The molecule has 1 aliphatic carbocycles. The van der Waals surface area contributed by atoms with Crippen LogP contribution in [0.2, 0.25) is 0 Å². The Morgan fingerprint density at radius 2 is 1.75 bits per heavy atom. The minimum absolute atomic E-state index is 0.0122. The topological polar surface area (TPSA) is 35.5 Å². The number of benzene rings is 2. The molecular formula is C21H18F4O3. The second-order valence-electron chi connectivity index (χ2n) is 6.47. The molecule has 0 atom stereocenters. The van der Waals surface area contributed by atoms with Gasteiger partial charge in [-0.15, -0.1) is 13.2 Å². The van der Waals surface area contributed by atoms with Crippen molar-refractivity contribution < 1.29 is 31.8 Å². The van der Waals surface area contributed by atoms with Crippen LogP contribution in [-0.4, -0.2) is 12.3 Å². The van der Waals surface area contributed by atoms with Crippen molar-refractivity contribution in [1.29, 1.82) is 0 Å². The van der Waals surface area contributed by atoms with Crippen LogP contribution in [0.1, 0.15) is 41.3 Å². The predicted octanol–water partition coefficient (Wildman–Crippen LogP) is 5.77. The molecule has 0 bridgehead atoms. The maximum atomic E-state index is 14.8. The number of halogens is 4. The number of rotatable bonds is 5. The van der Waals surface area contributed by atoms with E-state index < -0.39 is 23.9 Å². The molecular weight excluding hydrogens is 376 g/mol. The lowest BCUT2D eigenvalue weighted by atomic mass is 9.88. The summed E-state index contributed by atoms with van der Waals surface area (Å²) in [7, 11) is 0. The van der Waals surface area contributed by atoms with Crippen molar-refractivity contribution in [3.05, 3.63) is 70.6 Å². The van der Waals surface area contributed by atoms with Crippen LogP contribution in [0.3, 0.4) is 0 Å². The molecule has 0 spiro atoms. The second kappa shape index (κ2) is 8.04. The lowest BCUT2D eigenvalue weighted by Gasteiger charge is -2.18. The van der Waals surface area contributed by atoms with Crippen molar-refractivity contribution in [3.63, 3.8) is 0 Å². The predicted molar refractivity (Wildman–Crippen MR) is 94.9 cm³/mol. The Bertz CT molecular complexity index is 899. The summed E-state index contributed by atoms with van der Waals surface area (Å²) in [6.45, 7) is 2.08. The van der Waals surface area contributed by atoms with Gasteiger partial charge in [-0.2, -0.15) is 0 Å². The summed E-state index contributed by atoms with van der Waals surface area (Å²) in [4.78, 5) is 12.3. The van der Waals surface area contributed by atoms with E-state index in [9.17, 15) is 22.4 Å². The van der Waals surface area contributed by atoms with E-state index >= 15 is 0 Å². The molecule has 0 unspecified atom stereocenters. The summed E-state index contributed by atoms with van der Waals surface area (Å²) in [6, 6.07) is 7.42. The molecule has 0 amide bonds. The number of fused-ring (bicyclic) bond motifs is 1. The first kappa shape index (κ1) is 19.9. The second-order valence-corrected chi connectivity index (χ2v) is 6.47. The third-order valence-electron chi connectivity index (χ3n) is 4.41. The third kappa shape index (κ3) is 4.71. The number of hydrogen-bond donors (Lipinski definition) is 0. The Hall–Kier alpha value is -2.83. The number of alkyl halides is 3. The smallest absolute Gasteiger partial charge is 0.423 e. The van der Waals surface area contributed by atoms with Crippen molar-refractivity contribution >= 4 is 5.97 Å². The Kier molecular flexibility index (Phi) is 5.72. The highest BCUT2D eigenvalue weighted by Gasteiger charge is 2.31. The molecule has 0 heterocycles. The minimum atomic E-state index is -4.81. The van der Waals surface area contributed by atoms with E-state index in [2.05, 4.69) is 11.7 Å². The van der Waals surface area contributed by atoms with E-state index in [1.165, 1.54) is 11.6 Å². The Balaban J connectivity index is 1.73. The van der Waals surface area contributed by atoms with Gasteiger partial charge in [-0.05, 0) is 60.7 Å². The fourth-order valence-corrected chi connectivity index (χ4v) is 3.15. The van der Waals surface area contributed by atoms with Crippen LogP contribution in [0.4, 0.5) is 17.6 Å². The third-order valence-corrected chi connectivity index (χ3v) is 4.41. The fraction of sp³-hybridized carbons (Fsp3) is 0.286. The number of hydrogen-bond acceptors (Lipinski definition) is 3. The Morgan fingerprint density at radius 1 is 1.07 bits per heavy atom. The summed E-state index contributed by atoms with van der Waals surface area (Å²) in [5, 5.41) is 0. The molecule has 28 heavy (non-hydrogen) atoms. The molecule has 1 aliphatic rings. The van der Waals surface area contributed by atoms with Crippen LogP contribution in [0.15, 0.2) is 48.0 Å². The largest absolute Gasteiger partial charge is 0.573 e. The fourth-order valence-electron chi connectivity index (χ4n) is 3.15. The van der Waals surface area contributed by atoms with Gasteiger partial charge in [0, 0.05) is 0 Å². The summed E-state index contributed by atoms with van der Waals surface area (Å²) < 4.78 is 60.1. The molecule has 0 N–H and O–H groups in total. The monoisotopic (exact) mass is 394 g/mol. The Labute approximate surface area is 159 Å². The molecule has 3 nitrogen and oxygen atoms in total. The number of ether oxygens (including phenoxy) is 2. The first-order chi connectivity index (χ1) is 13.3. The molecule has 0 aromatic heterocycles. The molecule has 0 saturated carbocycles. The molecule has 2 aromatic rings. The molecule has 0 saturated heterocycles. The van der Waals surface area contributed by atoms with Crippen LogP contribution < -0.4 is 9.47 Å². The molecule has 3 rings (SSSR count). The molecule has 0 fully saturated rings. The Morgan fingerprint density at radius 3 is 2.39 bits per heavy atom. The van der Waals surface area contributed by atoms with Gasteiger partial charge in [0.25, 0.3) is 0 Å². The van der Waals surface area contributed by atoms with Gasteiger partial charge in [0.15, 0.2) is 0 Å². The maximum absolute atomic E-state index is 14.8. The highest BCUT2D eigenvalue weighted by molar-refractivity contribution is 5.91. The van der Waals surface area contributed by atoms with Crippen molar-refractivity contribution in [2.45, 2.75) is 39.0 Å². The van der Waals surface area contributed by atoms with E-state index in [1.54, 1.807) is 6.07 Å². The summed E-state index contributed by atoms with van der Waals surface area (Å²) in [5.41, 5.74) is 2.38. The summed E-state index contributed by atoms with van der Waals surface area (Å²) >= 11 is 0. The van der Waals surface area contributed by atoms with E-state index in [0.717, 1.165) is 42.7 Å². The van der Waals surface area contributed by atoms with Crippen LogP contribution in [0, 0.1) is 5.82 Å². The van der Waals surface area contributed by atoms with Crippen LogP contribution in [-0.2, 0) is 12.8 Å². The lowest BCUT2D eigenvalue weighted by Crippen LogP contribution is -2.17. The highest BCUT2D eigenvalue weighted by atomic mass is 19.4. The van der Waals surface area contributed by atoms with Crippen LogP contribution in [0.5, 0.6) is 11.5 Å². The summed E-state index contributed by atoms with van der Waals surface area (Å²) in [6.07, 6.45) is 0.232. The van der Waals surface area contributed by atoms with E-state index in [1.807, 2.05) is 6.08 Å². The zero-order valence-electron chi connectivity index (χ0n) is 15.1. The normalized spacial score (nSPS) is 13.5. The maximum Gasteiger partial charge on any atom is 0.573 e. The molecule has 2 aromatic carbocycles. The number of carbonyl (C=O) groups is 1. The van der Waals surface area contributed by atoms with Crippen LogP contribution >= 0.6 is 0 Å². The van der Waals surface area contributed by atoms with Gasteiger partial charge in [0.2, 0.25) is 0 Å². The first-order valence-corrected chi connectivity index (χ1v) is 8.83. The number of allylic oxidation sites excluding steroid dienone is 2. The average Bonchev–Trinajstić information content (AvgIpc) is 2.62. The minimum Gasteiger partial charge on any atom is -0.423 e. The highest BCUT2D eigenvalue weighted by Crippen LogP contribution is 2.29. The average molecular weight is 394 g/mol. The van der Waals surface area contributed by atoms with Gasteiger partial charge >= 0.3 is 12.3 Å². The molecule has 148 valence electrons. The van der Waals surface area contributed by atoms with Gasteiger partial charge in [-0.1, -0.05) is 31.1 Å². The van der Waals surface area contributed by atoms with Gasteiger partial charge in [-0.25, -0.2) is 9.18 Å². The number of esters is 1. The van der Waals surface area contributed by atoms with Crippen molar-refractivity contribution in [1.82, 2.24) is 0 Å². The number of carbonyl (C=O) groups excluding carboxylic acids is 1. The van der Waals surface area contributed by atoms with E-state index in [4.69, 9.17) is 4.74 Å². The van der Waals surface area contributed by atoms with Crippen molar-refractivity contribution in [2.24, 2.45) is 0 Å². The zero-order valence-corrected chi connectivity index (χ0v) is 15.1. The summed E-state index contributed by atoms with van der Waals surface area (Å²) in [5.74, 6) is -1.98. The quantitative estimate of drug-likeness (QED) is 0.280. The van der Waals surface area contributed by atoms with Gasteiger partial charge in [0.05, 0.1) is 5.56 Å². The SMILES string of the molecule is CCCC1=CCc2c(ccc(C(=O)Oc3ccc(OC(F)(F)F)cc3)c2F)C1. The van der Waals surface area contributed by atoms with E-state index in [-0.39, 0.29) is 11.3 Å². The molecule has 7 heteroatoms.